The molecule has 88 valence electrons. The predicted molar refractivity (Wildman–Crippen MR) is 57.4 cm³/mol. The summed E-state index contributed by atoms with van der Waals surface area (Å²) in [5.41, 5.74) is 8.46. The molecule has 0 aromatic heterocycles. The molecule has 0 atom stereocenters. The summed E-state index contributed by atoms with van der Waals surface area (Å²) >= 11 is 0. The number of rotatable bonds is 4. The molecular formula is C7H14N2O4S2. The van der Waals surface area contributed by atoms with E-state index < -0.39 is 30.9 Å². The monoisotopic (exact) mass is 254 g/mol. The van der Waals surface area contributed by atoms with E-state index in [0.717, 1.165) is 0 Å². The first-order valence-corrected chi connectivity index (χ1v) is 6.46. The van der Waals surface area contributed by atoms with E-state index in [9.17, 15) is 16.8 Å². The lowest BCUT2D eigenvalue weighted by Gasteiger charge is -2.20. The first kappa shape index (κ1) is 14.3. The second-order valence-corrected chi connectivity index (χ2v) is 7.35. The van der Waals surface area contributed by atoms with Gasteiger partial charge in [0.25, 0.3) is 0 Å². The molecule has 0 aliphatic carbocycles. The van der Waals surface area contributed by atoms with Crippen molar-refractivity contribution >= 4 is 27.1 Å². The van der Waals surface area contributed by atoms with E-state index in [1.807, 2.05) is 0 Å². The van der Waals surface area contributed by atoms with E-state index in [1.54, 1.807) is 0 Å². The smallest absolute Gasteiger partial charge is 0.309 e. The van der Waals surface area contributed by atoms with Gasteiger partial charge in [-0.3, -0.25) is 0 Å². The zero-order valence-corrected chi connectivity index (χ0v) is 10.7. The third-order valence-electron chi connectivity index (χ3n) is 2.17. The zero-order valence-electron chi connectivity index (χ0n) is 8.92. The van der Waals surface area contributed by atoms with Crippen LogP contribution in [-0.4, -0.2) is 36.8 Å². The minimum atomic E-state index is -2.94. The fraction of sp³-hybridized carbons (Fsp3) is 0.857. The Morgan fingerprint density at radius 3 is 1.33 bits per heavy atom. The third kappa shape index (κ3) is 2.64. The summed E-state index contributed by atoms with van der Waals surface area (Å²) in [5.74, 6) is 0. The molecule has 6 nitrogen and oxygen atoms in total. The van der Waals surface area contributed by atoms with Gasteiger partial charge in [0.05, 0.1) is 0 Å². The molecule has 0 N–H and O–H groups in total. The molecule has 8 heteroatoms. The molecule has 0 aliphatic rings. The molecule has 0 radical (unpaired) electrons. The number of hydrogen-bond acceptors (Lipinski definition) is 4. The summed E-state index contributed by atoms with van der Waals surface area (Å²) < 4.78 is 40.8. The summed E-state index contributed by atoms with van der Waals surface area (Å²) in [6, 6.07) is 0. The molecule has 0 spiro atoms. The lowest BCUT2D eigenvalue weighted by Crippen LogP contribution is -2.48. The van der Waals surface area contributed by atoms with Crippen molar-refractivity contribution in [1.82, 2.24) is 0 Å². The van der Waals surface area contributed by atoms with Gasteiger partial charge in [0.1, 0.15) is 0 Å². The molecule has 0 fully saturated rings. The minimum absolute atomic E-state index is 0.290. The molecule has 0 bridgehead atoms. The maximum Gasteiger partial charge on any atom is 0.309 e. The fourth-order valence-corrected chi connectivity index (χ4v) is 2.25. The average molecular weight is 254 g/mol. The van der Waals surface area contributed by atoms with E-state index in [4.69, 9.17) is 5.53 Å². The first-order chi connectivity index (χ1) is 6.58. The summed E-state index contributed by atoms with van der Waals surface area (Å²) in [4.78, 5) is 2.82. The molecule has 15 heavy (non-hydrogen) atoms. The normalized spacial score (nSPS) is 12.9. The molecular weight excluding hydrogens is 240 g/mol. The Morgan fingerprint density at radius 1 is 0.933 bits per heavy atom. The van der Waals surface area contributed by atoms with E-state index in [-0.39, 0.29) is 5.71 Å². The second kappa shape index (κ2) is 4.42. The van der Waals surface area contributed by atoms with Crippen molar-refractivity contribution in [2.24, 2.45) is 0 Å². The summed E-state index contributed by atoms with van der Waals surface area (Å²) in [6.45, 7) is 5.14. The highest BCUT2D eigenvalue weighted by Gasteiger charge is 2.49. The van der Waals surface area contributed by atoms with Gasteiger partial charge < -0.3 is 5.53 Å². The van der Waals surface area contributed by atoms with Crippen LogP contribution >= 0.6 is 0 Å². The molecule has 0 heterocycles. The molecule has 0 saturated heterocycles. The van der Waals surface area contributed by atoms with Crippen LogP contribution < -0.4 is 0 Å². The average Bonchev–Trinajstić information content (AvgIpc) is 2.03. The van der Waals surface area contributed by atoms with Crippen LogP contribution in [0, 0.1) is 0 Å². The van der Waals surface area contributed by atoms with Crippen molar-refractivity contribution in [3.8, 4) is 0 Å². The Morgan fingerprint density at radius 2 is 1.20 bits per heavy atom. The van der Waals surface area contributed by atoms with Crippen molar-refractivity contribution in [3.05, 3.63) is 5.53 Å². The highest BCUT2D eigenvalue weighted by molar-refractivity contribution is 7.77. The summed E-state index contributed by atoms with van der Waals surface area (Å²) in [6.07, 6.45) is 0. The quantitative estimate of drug-likeness (QED) is 0.303. The highest BCUT2D eigenvalue weighted by atomic mass is 32.2. The van der Waals surface area contributed by atoms with Gasteiger partial charge in [-0.1, -0.05) is 0 Å². The first-order valence-electron chi connectivity index (χ1n) is 4.10. The van der Waals surface area contributed by atoms with Gasteiger partial charge in [0.2, 0.25) is 0 Å². The van der Waals surface area contributed by atoms with Gasteiger partial charge >= 0.3 is 5.71 Å². The topological polar surface area (TPSA) is 105 Å². The Kier molecular flexibility index (Phi) is 4.21. The molecule has 0 rings (SSSR count). The van der Waals surface area contributed by atoms with Gasteiger partial charge in [-0.15, -0.1) is 0 Å². The molecule has 0 amide bonds. The molecule has 0 unspecified atom stereocenters. The standard InChI is InChI=1S/C7H14N2O4S2/c1-6(2,14(10)11)5(9-8)7(3,4)15(12)13/h14-15H,1-4H3. The lowest BCUT2D eigenvalue weighted by molar-refractivity contribution is -0.0156. The summed E-state index contributed by atoms with van der Waals surface area (Å²) in [5, 5.41) is 0. The van der Waals surface area contributed by atoms with Crippen molar-refractivity contribution in [3.63, 3.8) is 0 Å². The maximum atomic E-state index is 10.9. The van der Waals surface area contributed by atoms with Gasteiger partial charge in [-0.25, -0.2) is 16.8 Å². The SMILES string of the molecule is CC(C)(C(=[N+]=[N-])C(C)(C)[SH](=O)=O)[SH](=O)=O. The van der Waals surface area contributed by atoms with Crippen LogP contribution in [-0.2, 0) is 21.4 Å². The van der Waals surface area contributed by atoms with Crippen molar-refractivity contribution in [1.29, 1.82) is 0 Å². The zero-order chi connectivity index (χ0) is 12.4. The van der Waals surface area contributed by atoms with Crippen LogP contribution in [0.3, 0.4) is 0 Å². The van der Waals surface area contributed by atoms with Crippen LogP contribution in [0.25, 0.3) is 5.53 Å². The number of nitrogens with zero attached hydrogens (tertiary/aromatic N) is 2. The second-order valence-electron chi connectivity index (χ2n) is 4.08. The molecule has 0 aromatic carbocycles. The Labute approximate surface area is 91.8 Å². The third-order valence-corrected chi connectivity index (χ3v) is 4.42. The van der Waals surface area contributed by atoms with Crippen LogP contribution in [0.15, 0.2) is 0 Å². The van der Waals surface area contributed by atoms with E-state index >= 15 is 0 Å². The van der Waals surface area contributed by atoms with Gasteiger partial charge in [0, 0.05) is 0 Å². The van der Waals surface area contributed by atoms with E-state index in [0.29, 0.717) is 0 Å². The fourth-order valence-electron chi connectivity index (χ4n) is 1.17. The van der Waals surface area contributed by atoms with Crippen LogP contribution in [0.2, 0.25) is 0 Å². The largest absolute Gasteiger partial charge is 0.361 e. The predicted octanol–water partition coefficient (Wildman–Crippen LogP) is -0.563. The maximum absolute atomic E-state index is 10.9. The molecule has 0 saturated carbocycles. The Balaban J connectivity index is 5.81. The van der Waals surface area contributed by atoms with Gasteiger partial charge in [-0.05, 0) is 27.7 Å². The molecule has 0 aliphatic heterocycles. The van der Waals surface area contributed by atoms with Crippen molar-refractivity contribution in [2.45, 2.75) is 37.2 Å². The lowest BCUT2D eigenvalue weighted by atomic mass is 9.96. The number of thiol groups is 2. The van der Waals surface area contributed by atoms with Gasteiger partial charge in [0.15, 0.2) is 30.9 Å². The van der Waals surface area contributed by atoms with Crippen molar-refractivity contribution < 1.29 is 21.6 Å². The van der Waals surface area contributed by atoms with Crippen LogP contribution in [0.4, 0.5) is 0 Å². The highest BCUT2D eigenvalue weighted by Crippen LogP contribution is 2.21. The van der Waals surface area contributed by atoms with Gasteiger partial charge in [-0.2, -0.15) is 4.79 Å². The van der Waals surface area contributed by atoms with E-state index in [1.165, 1.54) is 27.7 Å². The van der Waals surface area contributed by atoms with E-state index in [2.05, 4.69) is 4.79 Å². The Hall–Kier alpha value is -0.720. The summed E-state index contributed by atoms with van der Waals surface area (Å²) in [7, 11) is -5.87. The van der Waals surface area contributed by atoms with Crippen molar-refractivity contribution in [2.75, 3.05) is 0 Å². The number of hydrogen-bond donors (Lipinski definition) is 2. The Bertz CT molecular complexity index is 402. The van der Waals surface area contributed by atoms with Crippen LogP contribution in [0.5, 0.6) is 0 Å². The van der Waals surface area contributed by atoms with Crippen LogP contribution in [0.1, 0.15) is 27.7 Å². The minimum Gasteiger partial charge on any atom is -0.361 e. The molecule has 0 aromatic rings.